The number of rotatable bonds is 4. The molecule has 0 aromatic heterocycles. The average Bonchev–Trinajstić information content (AvgIpc) is 2.85. The summed E-state index contributed by atoms with van der Waals surface area (Å²) in [5.74, 6) is -0.428. The number of amides is 3. The van der Waals surface area contributed by atoms with Gasteiger partial charge in [0.2, 0.25) is 11.8 Å². The molecule has 1 aliphatic heterocycles. The van der Waals surface area contributed by atoms with Gasteiger partial charge in [0.1, 0.15) is 6.04 Å². The number of nitrogens with zero attached hydrogens (tertiary/aromatic N) is 2. The lowest BCUT2D eigenvalue weighted by Gasteiger charge is -2.29. The van der Waals surface area contributed by atoms with Crippen molar-refractivity contribution in [2.24, 2.45) is 5.92 Å². The van der Waals surface area contributed by atoms with Gasteiger partial charge in [-0.05, 0) is 36.6 Å². The maximum Gasteiger partial charge on any atom is 0.251 e. The van der Waals surface area contributed by atoms with Crippen molar-refractivity contribution < 1.29 is 14.4 Å². The molecule has 0 spiro atoms. The van der Waals surface area contributed by atoms with Gasteiger partial charge in [-0.3, -0.25) is 14.4 Å². The third-order valence-electron chi connectivity index (χ3n) is 4.58. The molecule has 1 aliphatic rings. The van der Waals surface area contributed by atoms with Crippen LogP contribution in [0.4, 0.5) is 0 Å². The quantitative estimate of drug-likeness (QED) is 0.871. The molecule has 26 heavy (non-hydrogen) atoms. The molecule has 7 heteroatoms. The summed E-state index contributed by atoms with van der Waals surface area (Å²) in [7, 11) is 0. The van der Waals surface area contributed by atoms with Crippen LogP contribution in [0.5, 0.6) is 0 Å². The van der Waals surface area contributed by atoms with E-state index in [2.05, 4.69) is 5.32 Å². The van der Waals surface area contributed by atoms with Crippen LogP contribution in [0.2, 0.25) is 5.02 Å². The lowest BCUT2D eigenvalue weighted by molar-refractivity contribution is -0.135. The van der Waals surface area contributed by atoms with E-state index in [4.69, 9.17) is 11.6 Å². The summed E-state index contributed by atoms with van der Waals surface area (Å²) in [4.78, 5) is 40.5. The first-order valence-electron chi connectivity index (χ1n) is 8.90. The van der Waals surface area contributed by atoms with Gasteiger partial charge < -0.3 is 15.1 Å². The molecule has 3 amide bonds. The minimum atomic E-state index is -0.609. The maximum atomic E-state index is 13.0. The van der Waals surface area contributed by atoms with Crippen LogP contribution in [-0.2, 0) is 9.59 Å². The second-order valence-electron chi connectivity index (χ2n) is 6.89. The molecular weight excluding hydrogens is 354 g/mol. The standard InChI is InChI=1S/C19H26ClN3O3/c1-13(2)17(21-18(25)15-5-7-16(20)8-6-15)19(26)23-10-4-9-22(11-12-23)14(3)24/h5-8,13,17H,4,9-12H2,1-3H3,(H,21,25). The predicted molar refractivity (Wildman–Crippen MR) is 101 cm³/mol. The van der Waals surface area contributed by atoms with E-state index >= 15 is 0 Å². The average molecular weight is 380 g/mol. The number of hydrogen-bond acceptors (Lipinski definition) is 3. The normalized spacial score (nSPS) is 16.2. The number of carbonyl (C=O) groups excluding carboxylic acids is 3. The van der Waals surface area contributed by atoms with Crippen LogP contribution in [0.1, 0.15) is 37.6 Å². The highest BCUT2D eigenvalue weighted by Crippen LogP contribution is 2.13. The van der Waals surface area contributed by atoms with Crippen LogP contribution >= 0.6 is 11.6 Å². The molecule has 1 aromatic rings. The topological polar surface area (TPSA) is 69.7 Å². The van der Waals surface area contributed by atoms with Gasteiger partial charge in [-0.15, -0.1) is 0 Å². The first-order valence-corrected chi connectivity index (χ1v) is 9.28. The van der Waals surface area contributed by atoms with Gasteiger partial charge in [0.05, 0.1) is 0 Å². The summed E-state index contributed by atoms with van der Waals surface area (Å²) in [6.45, 7) is 7.61. The lowest BCUT2D eigenvalue weighted by atomic mass is 10.0. The molecule has 1 unspecified atom stereocenters. The molecule has 0 saturated carbocycles. The number of halogens is 1. The van der Waals surface area contributed by atoms with Crippen LogP contribution < -0.4 is 5.32 Å². The Morgan fingerprint density at radius 2 is 1.58 bits per heavy atom. The Hall–Kier alpha value is -2.08. The Labute approximate surface area is 159 Å². The van der Waals surface area contributed by atoms with Crippen molar-refractivity contribution in [3.8, 4) is 0 Å². The second-order valence-corrected chi connectivity index (χ2v) is 7.32. The van der Waals surface area contributed by atoms with Gasteiger partial charge in [-0.1, -0.05) is 25.4 Å². The monoisotopic (exact) mass is 379 g/mol. The van der Waals surface area contributed by atoms with Crippen molar-refractivity contribution in [2.75, 3.05) is 26.2 Å². The highest BCUT2D eigenvalue weighted by molar-refractivity contribution is 6.30. The van der Waals surface area contributed by atoms with E-state index in [9.17, 15) is 14.4 Å². The zero-order chi connectivity index (χ0) is 19.3. The lowest BCUT2D eigenvalue weighted by Crippen LogP contribution is -2.52. The molecule has 1 fully saturated rings. The smallest absolute Gasteiger partial charge is 0.251 e. The van der Waals surface area contributed by atoms with E-state index in [-0.39, 0.29) is 23.6 Å². The van der Waals surface area contributed by atoms with Gasteiger partial charge in [0.15, 0.2) is 0 Å². The SMILES string of the molecule is CC(=O)N1CCCN(C(=O)C(NC(=O)c2ccc(Cl)cc2)C(C)C)CC1. The van der Waals surface area contributed by atoms with Crippen molar-refractivity contribution in [3.63, 3.8) is 0 Å². The summed E-state index contributed by atoms with van der Waals surface area (Å²) >= 11 is 5.85. The molecule has 1 aromatic carbocycles. The molecular formula is C19H26ClN3O3. The summed E-state index contributed by atoms with van der Waals surface area (Å²) in [6.07, 6.45) is 0.737. The predicted octanol–water partition coefficient (Wildman–Crippen LogP) is 2.18. The molecule has 0 aliphatic carbocycles. The van der Waals surface area contributed by atoms with Gasteiger partial charge in [0, 0.05) is 43.7 Å². The molecule has 6 nitrogen and oxygen atoms in total. The fraction of sp³-hybridized carbons (Fsp3) is 0.526. The van der Waals surface area contributed by atoms with E-state index in [1.165, 1.54) is 0 Å². The molecule has 142 valence electrons. The summed E-state index contributed by atoms with van der Waals surface area (Å²) in [5.41, 5.74) is 0.464. The van der Waals surface area contributed by atoms with E-state index < -0.39 is 6.04 Å². The molecule has 1 saturated heterocycles. The molecule has 2 rings (SSSR count). The fourth-order valence-electron chi connectivity index (χ4n) is 2.99. The Morgan fingerprint density at radius 1 is 1.00 bits per heavy atom. The molecule has 0 radical (unpaired) electrons. The van der Waals surface area contributed by atoms with Crippen molar-refractivity contribution in [1.82, 2.24) is 15.1 Å². The maximum absolute atomic E-state index is 13.0. The number of carbonyl (C=O) groups is 3. The third-order valence-corrected chi connectivity index (χ3v) is 4.83. The van der Waals surface area contributed by atoms with Gasteiger partial charge >= 0.3 is 0 Å². The van der Waals surface area contributed by atoms with E-state index in [0.29, 0.717) is 36.8 Å². The van der Waals surface area contributed by atoms with Crippen LogP contribution in [0.25, 0.3) is 0 Å². The Bertz CT molecular complexity index is 660. The van der Waals surface area contributed by atoms with Crippen LogP contribution in [-0.4, -0.2) is 59.7 Å². The van der Waals surface area contributed by atoms with Crippen molar-refractivity contribution in [1.29, 1.82) is 0 Å². The van der Waals surface area contributed by atoms with Crippen molar-refractivity contribution in [3.05, 3.63) is 34.9 Å². The minimum Gasteiger partial charge on any atom is -0.341 e. The number of hydrogen-bond donors (Lipinski definition) is 1. The second kappa shape index (κ2) is 9.03. The van der Waals surface area contributed by atoms with Gasteiger partial charge in [-0.2, -0.15) is 0 Å². The summed E-state index contributed by atoms with van der Waals surface area (Å²) in [5, 5.41) is 3.40. The number of nitrogens with one attached hydrogen (secondary N) is 1. The Kier molecular flexibility index (Phi) is 7.03. The first kappa shape index (κ1) is 20.2. The van der Waals surface area contributed by atoms with Crippen molar-refractivity contribution >= 4 is 29.3 Å². The zero-order valence-electron chi connectivity index (χ0n) is 15.5. The zero-order valence-corrected chi connectivity index (χ0v) is 16.3. The van der Waals surface area contributed by atoms with E-state index in [1.807, 2.05) is 13.8 Å². The minimum absolute atomic E-state index is 0.0238. The Morgan fingerprint density at radius 3 is 2.15 bits per heavy atom. The third kappa shape index (κ3) is 5.21. The van der Waals surface area contributed by atoms with E-state index in [1.54, 1.807) is 41.0 Å². The molecule has 1 heterocycles. The molecule has 1 N–H and O–H groups in total. The fourth-order valence-corrected chi connectivity index (χ4v) is 3.11. The van der Waals surface area contributed by atoms with E-state index in [0.717, 1.165) is 6.42 Å². The van der Waals surface area contributed by atoms with Crippen molar-refractivity contribution in [2.45, 2.75) is 33.2 Å². The van der Waals surface area contributed by atoms with Crippen LogP contribution in [0, 0.1) is 5.92 Å². The molecule has 1 atom stereocenters. The first-order chi connectivity index (χ1) is 12.3. The van der Waals surface area contributed by atoms with Gasteiger partial charge in [-0.25, -0.2) is 0 Å². The molecule has 0 bridgehead atoms. The Balaban J connectivity index is 2.06. The highest BCUT2D eigenvalue weighted by atomic mass is 35.5. The number of benzene rings is 1. The van der Waals surface area contributed by atoms with Crippen LogP contribution in [0.15, 0.2) is 24.3 Å². The van der Waals surface area contributed by atoms with Crippen LogP contribution in [0.3, 0.4) is 0 Å². The summed E-state index contributed by atoms with van der Waals surface area (Å²) in [6, 6.07) is 5.95. The highest BCUT2D eigenvalue weighted by Gasteiger charge is 2.30. The van der Waals surface area contributed by atoms with Gasteiger partial charge in [0.25, 0.3) is 5.91 Å². The summed E-state index contributed by atoms with van der Waals surface area (Å²) < 4.78 is 0. The largest absolute Gasteiger partial charge is 0.341 e.